The molecule has 0 bridgehead atoms. The number of nitrogens with one attached hydrogen (secondary N) is 1. The molecule has 0 fully saturated rings. The van der Waals surface area contributed by atoms with Crippen LogP contribution >= 0.6 is 11.3 Å². The van der Waals surface area contributed by atoms with Gasteiger partial charge < -0.3 is 4.57 Å². The minimum absolute atomic E-state index is 0.0542. The van der Waals surface area contributed by atoms with Crippen LogP contribution in [-0.2, 0) is 4.79 Å². The first kappa shape index (κ1) is 22.1. The van der Waals surface area contributed by atoms with Crippen molar-refractivity contribution < 1.29 is 9.18 Å². The third kappa shape index (κ3) is 4.73. The van der Waals surface area contributed by atoms with E-state index in [0.29, 0.717) is 10.1 Å². The maximum atomic E-state index is 13.3. The fraction of sp³-hybridized carbons (Fsp3) is 0.120. The number of carbonyl (C=O) groups excluding carboxylic acids is 1. The highest BCUT2D eigenvalue weighted by Crippen LogP contribution is 2.27. The number of nitrogens with zero attached hydrogens (tertiary/aromatic N) is 4. The molecule has 0 saturated carbocycles. The van der Waals surface area contributed by atoms with Gasteiger partial charge in [0.25, 0.3) is 5.91 Å². The maximum absolute atomic E-state index is 13.3. The van der Waals surface area contributed by atoms with E-state index in [0.717, 1.165) is 33.8 Å². The first-order valence-electron chi connectivity index (χ1n) is 10.1. The molecule has 1 N–H and O–H groups in total. The molecule has 2 aromatic heterocycles. The smallest absolute Gasteiger partial charge is 0.268 e. The van der Waals surface area contributed by atoms with Crippen LogP contribution in [0.4, 0.5) is 9.52 Å². The molecule has 164 valence electrons. The molecule has 4 rings (SSSR count). The molecule has 2 aromatic carbocycles. The van der Waals surface area contributed by atoms with Gasteiger partial charge in [-0.25, -0.2) is 4.39 Å². The molecule has 1 amide bonds. The quantitative estimate of drug-likeness (QED) is 0.312. The van der Waals surface area contributed by atoms with Crippen molar-refractivity contribution in [3.05, 3.63) is 88.5 Å². The predicted molar refractivity (Wildman–Crippen MR) is 128 cm³/mol. The van der Waals surface area contributed by atoms with Crippen LogP contribution in [0.3, 0.4) is 0 Å². The second-order valence-electron chi connectivity index (χ2n) is 7.54. The number of anilines is 1. The topological polar surface area (TPSA) is 83.6 Å². The van der Waals surface area contributed by atoms with Crippen LogP contribution in [-0.4, -0.2) is 20.7 Å². The summed E-state index contributed by atoms with van der Waals surface area (Å²) in [5.41, 5.74) is 5.24. The van der Waals surface area contributed by atoms with E-state index in [-0.39, 0.29) is 11.4 Å². The van der Waals surface area contributed by atoms with E-state index in [1.807, 2.05) is 61.7 Å². The summed E-state index contributed by atoms with van der Waals surface area (Å²) in [6.07, 6.45) is 1.54. The van der Waals surface area contributed by atoms with Crippen LogP contribution in [0.1, 0.15) is 22.5 Å². The summed E-state index contributed by atoms with van der Waals surface area (Å²) >= 11 is 1.24. The molecule has 6 nitrogen and oxygen atoms in total. The van der Waals surface area contributed by atoms with Gasteiger partial charge in [-0.1, -0.05) is 41.2 Å². The summed E-state index contributed by atoms with van der Waals surface area (Å²) in [6.45, 7) is 5.80. The molecule has 2 heterocycles. The van der Waals surface area contributed by atoms with Gasteiger partial charge in [0.1, 0.15) is 22.5 Å². The van der Waals surface area contributed by atoms with Crippen LogP contribution in [0, 0.1) is 37.9 Å². The minimum atomic E-state index is -0.560. The van der Waals surface area contributed by atoms with Crippen molar-refractivity contribution in [1.82, 2.24) is 14.8 Å². The molecule has 33 heavy (non-hydrogen) atoms. The second-order valence-corrected chi connectivity index (χ2v) is 8.52. The lowest BCUT2D eigenvalue weighted by Gasteiger charge is -2.09. The minimum Gasteiger partial charge on any atom is -0.318 e. The van der Waals surface area contributed by atoms with E-state index in [2.05, 4.69) is 15.5 Å². The van der Waals surface area contributed by atoms with Crippen LogP contribution in [0.5, 0.6) is 0 Å². The van der Waals surface area contributed by atoms with Gasteiger partial charge in [-0.15, -0.1) is 10.2 Å². The third-order valence-corrected chi connectivity index (χ3v) is 6.05. The predicted octanol–water partition coefficient (Wildman–Crippen LogP) is 5.61. The number of carbonyl (C=O) groups is 1. The number of benzene rings is 2. The number of halogens is 1. The standard InChI is InChI=1S/C25H20FN5OS/c1-15-4-6-18(7-5-15)24-29-30-25(33-24)28-23(32)20(14-27)13-19-12-16(2)31(17(19)3)22-10-8-21(26)9-11-22/h4-13H,1-3H3,(H,28,30,32)/b20-13-. The highest BCUT2D eigenvalue weighted by Gasteiger charge is 2.16. The number of amides is 1. The van der Waals surface area contributed by atoms with E-state index >= 15 is 0 Å². The summed E-state index contributed by atoms with van der Waals surface area (Å²) in [4.78, 5) is 12.7. The Morgan fingerprint density at radius 2 is 1.79 bits per heavy atom. The Labute approximate surface area is 194 Å². The number of rotatable bonds is 5. The molecule has 0 atom stereocenters. The SMILES string of the molecule is Cc1ccc(-c2nnc(NC(=O)/C(C#N)=C\c3cc(C)n(-c4ccc(F)cc4)c3C)s2)cc1. The van der Waals surface area contributed by atoms with Gasteiger partial charge in [0.2, 0.25) is 5.13 Å². The Morgan fingerprint density at radius 1 is 1.09 bits per heavy atom. The molecule has 0 saturated heterocycles. The molecule has 0 radical (unpaired) electrons. The van der Waals surface area contributed by atoms with Crippen molar-refractivity contribution >= 4 is 28.5 Å². The van der Waals surface area contributed by atoms with Crippen LogP contribution in [0.25, 0.3) is 22.3 Å². The molecule has 0 aliphatic heterocycles. The van der Waals surface area contributed by atoms with Crippen molar-refractivity contribution in [3.63, 3.8) is 0 Å². The Balaban J connectivity index is 1.57. The lowest BCUT2D eigenvalue weighted by atomic mass is 10.1. The van der Waals surface area contributed by atoms with Crippen LogP contribution in [0.2, 0.25) is 0 Å². The van der Waals surface area contributed by atoms with Crippen molar-refractivity contribution in [2.24, 2.45) is 0 Å². The van der Waals surface area contributed by atoms with Gasteiger partial charge in [-0.3, -0.25) is 10.1 Å². The molecule has 4 aromatic rings. The first-order valence-corrected chi connectivity index (χ1v) is 11.0. The fourth-order valence-electron chi connectivity index (χ4n) is 3.48. The lowest BCUT2D eigenvalue weighted by Crippen LogP contribution is -2.13. The van der Waals surface area contributed by atoms with Crippen LogP contribution in [0.15, 0.2) is 60.2 Å². The molecule has 8 heteroatoms. The first-order chi connectivity index (χ1) is 15.9. The van der Waals surface area contributed by atoms with E-state index in [1.165, 1.54) is 23.5 Å². The van der Waals surface area contributed by atoms with Gasteiger partial charge in [-0.2, -0.15) is 5.26 Å². The zero-order chi connectivity index (χ0) is 23.5. The summed E-state index contributed by atoms with van der Waals surface area (Å²) in [5.74, 6) is -0.873. The van der Waals surface area contributed by atoms with Crippen molar-refractivity contribution in [3.8, 4) is 22.3 Å². The summed E-state index contributed by atoms with van der Waals surface area (Å²) in [5, 5.41) is 21.4. The zero-order valence-corrected chi connectivity index (χ0v) is 19.1. The molecule has 0 spiro atoms. The summed E-state index contributed by atoms with van der Waals surface area (Å²) in [7, 11) is 0. The van der Waals surface area contributed by atoms with Gasteiger partial charge in [0.05, 0.1) is 0 Å². The number of nitriles is 1. The zero-order valence-electron chi connectivity index (χ0n) is 18.3. The van der Waals surface area contributed by atoms with Gasteiger partial charge in [-0.05, 0) is 62.7 Å². The number of hydrogen-bond donors (Lipinski definition) is 1. The second kappa shape index (κ2) is 9.18. The van der Waals surface area contributed by atoms with Gasteiger partial charge >= 0.3 is 0 Å². The van der Waals surface area contributed by atoms with Crippen molar-refractivity contribution in [2.75, 3.05) is 5.32 Å². The van der Waals surface area contributed by atoms with Crippen molar-refractivity contribution in [1.29, 1.82) is 5.26 Å². The van der Waals surface area contributed by atoms with E-state index < -0.39 is 5.91 Å². The number of aryl methyl sites for hydroxylation is 2. The van der Waals surface area contributed by atoms with E-state index in [4.69, 9.17) is 0 Å². The molecular weight excluding hydrogens is 437 g/mol. The molecule has 0 aliphatic carbocycles. The Bertz CT molecular complexity index is 1390. The Kier molecular flexibility index (Phi) is 6.16. The summed E-state index contributed by atoms with van der Waals surface area (Å²) in [6, 6.07) is 17.8. The highest BCUT2D eigenvalue weighted by atomic mass is 32.1. The Morgan fingerprint density at radius 3 is 2.45 bits per heavy atom. The number of aromatic nitrogens is 3. The normalized spacial score (nSPS) is 11.3. The van der Waals surface area contributed by atoms with Gasteiger partial charge in [0.15, 0.2) is 0 Å². The molecular formula is C25H20FN5OS. The average Bonchev–Trinajstić information content (AvgIpc) is 3.37. The lowest BCUT2D eigenvalue weighted by molar-refractivity contribution is -0.112. The molecule has 0 aliphatic rings. The fourth-order valence-corrected chi connectivity index (χ4v) is 4.22. The third-order valence-electron chi connectivity index (χ3n) is 5.16. The Hall–Kier alpha value is -4.09. The monoisotopic (exact) mass is 457 g/mol. The molecule has 0 unspecified atom stereocenters. The summed E-state index contributed by atoms with van der Waals surface area (Å²) < 4.78 is 15.2. The average molecular weight is 458 g/mol. The van der Waals surface area contributed by atoms with E-state index in [9.17, 15) is 14.4 Å². The maximum Gasteiger partial charge on any atom is 0.268 e. The van der Waals surface area contributed by atoms with Crippen molar-refractivity contribution in [2.45, 2.75) is 20.8 Å². The highest BCUT2D eigenvalue weighted by molar-refractivity contribution is 7.18. The van der Waals surface area contributed by atoms with Crippen LogP contribution < -0.4 is 5.32 Å². The van der Waals surface area contributed by atoms with Gasteiger partial charge in [0, 0.05) is 22.6 Å². The largest absolute Gasteiger partial charge is 0.318 e. The van der Waals surface area contributed by atoms with E-state index in [1.54, 1.807) is 18.2 Å². The number of hydrogen-bond acceptors (Lipinski definition) is 5.